The quantitative estimate of drug-likeness (QED) is 0.741. The van der Waals surface area contributed by atoms with Gasteiger partial charge < -0.3 is 0 Å². The number of rotatable bonds is 5. The molecule has 2 nitrogen and oxygen atoms in total. The van der Waals surface area contributed by atoms with Gasteiger partial charge in [0.05, 0.1) is 5.54 Å². The first-order valence-electron chi connectivity index (χ1n) is 7.93. The molecule has 2 fully saturated rings. The Morgan fingerprint density at radius 3 is 2.22 bits per heavy atom. The Kier molecular flexibility index (Phi) is 4.83. The molecule has 1 heterocycles. The van der Waals surface area contributed by atoms with Crippen LogP contribution < -0.4 is 0 Å². The van der Waals surface area contributed by atoms with Crippen molar-refractivity contribution >= 4 is 5.78 Å². The maximum absolute atomic E-state index is 12.7. The fourth-order valence-corrected chi connectivity index (χ4v) is 3.71. The Morgan fingerprint density at radius 1 is 1.06 bits per heavy atom. The first-order valence-corrected chi connectivity index (χ1v) is 7.93. The van der Waals surface area contributed by atoms with E-state index in [-0.39, 0.29) is 5.54 Å². The average molecular weight is 251 g/mol. The Balaban J connectivity index is 2.03. The minimum atomic E-state index is -0.0463. The Hall–Kier alpha value is -0.370. The topological polar surface area (TPSA) is 20.3 Å². The van der Waals surface area contributed by atoms with Gasteiger partial charge in [-0.1, -0.05) is 33.1 Å². The first kappa shape index (κ1) is 14.0. The standard InChI is InChI=1S/C16H29NO/c1-14(2)8-9-15(18)16(10-4-5-11-16)17-12-6-3-7-13-17/h14H,3-13H2,1-2H3. The van der Waals surface area contributed by atoms with E-state index in [0.29, 0.717) is 11.7 Å². The Labute approximate surface area is 112 Å². The molecule has 0 bridgehead atoms. The van der Waals surface area contributed by atoms with Gasteiger partial charge in [0.15, 0.2) is 5.78 Å². The third kappa shape index (κ3) is 2.96. The molecule has 1 saturated carbocycles. The number of Topliss-reactive ketones (excluding diaryl/α,β-unsaturated/α-hetero) is 1. The van der Waals surface area contributed by atoms with Crippen LogP contribution in [-0.4, -0.2) is 29.3 Å². The number of likely N-dealkylation sites (tertiary alicyclic amines) is 1. The molecule has 104 valence electrons. The Bertz CT molecular complexity index is 273. The second-order valence-electron chi connectivity index (χ2n) is 6.64. The molecular formula is C16H29NO. The van der Waals surface area contributed by atoms with Crippen molar-refractivity contribution < 1.29 is 4.79 Å². The minimum absolute atomic E-state index is 0.0463. The summed E-state index contributed by atoms with van der Waals surface area (Å²) >= 11 is 0. The predicted molar refractivity (Wildman–Crippen MR) is 75.7 cm³/mol. The molecule has 0 aromatic rings. The van der Waals surface area contributed by atoms with E-state index < -0.39 is 0 Å². The van der Waals surface area contributed by atoms with Crippen LogP contribution in [0.2, 0.25) is 0 Å². The van der Waals surface area contributed by atoms with E-state index in [1.807, 2.05) is 0 Å². The molecule has 1 saturated heterocycles. The van der Waals surface area contributed by atoms with Crippen LogP contribution in [0.3, 0.4) is 0 Å². The molecule has 0 aromatic carbocycles. The normalized spacial score (nSPS) is 24.6. The molecule has 18 heavy (non-hydrogen) atoms. The van der Waals surface area contributed by atoms with Crippen molar-refractivity contribution in [3.63, 3.8) is 0 Å². The molecule has 2 heteroatoms. The lowest BCUT2D eigenvalue weighted by Crippen LogP contribution is -2.54. The lowest BCUT2D eigenvalue weighted by Gasteiger charge is -2.42. The van der Waals surface area contributed by atoms with E-state index in [1.165, 1.54) is 32.1 Å². The molecule has 0 radical (unpaired) electrons. The molecule has 0 amide bonds. The zero-order valence-electron chi connectivity index (χ0n) is 12.2. The summed E-state index contributed by atoms with van der Waals surface area (Å²) in [4.78, 5) is 15.3. The van der Waals surface area contributed by atoms with Crippen molar-refractivity contribution in [2.45, 2.75) is 77.2 Å². The van der Waals surface area contributed by atoms with Crippen molar-refractivity contribution in [1.82, 2.24) is 4.90 Å². The van der Waals surface area contributed by atoms with Crippen LogP contribution in [0.25, 0.3) is 0 Å². The van der Waals surface area contributed by atoms with Crippen molar-refractivity contribution in [3.8, 4) is 0 Å². The maximum Gasteiger partial charge on any atom is 0.153 e. The van der Waals surface area contributed by atoms with Gasteiger partial charge >= 0.3 is 0 Å². The van der Waals surface area contributed by atoms with Gasteiger partial charge in [-0.15, -0.1) is 0 Å². The van der Waals surface area contributed by atoms with Crippen LogP contribution in [0.4, 0.5) is 0 Å². The highest BCUT2D eigenvalue weighted by molar-refractivity contribution is 5.88. The molecule has 0 atom stereocenters. The van der Waals surface area contributed by atoms with Crippen LogP contribution in [0.1, 0.15) is 71.6 Å². The van der Waals surface area contributed by atoms with Gasteiger partial charge in [0.25, 0.3) is 0 Å². The number of hydrogen-bond acceptors (Lipinski definition) is 2. The Morgan fingerprint density at radius 2 is 1.67 bits per heavy atom. The van der Waals surface area contributed by atoms with E-state index >= 15 is 0 Å². The zero-order valence-corrected chi connectivity index (χ0v) is 12.2. The third-order valence-electron chi connectivity index (χ3n) is 4.86. The van der Waals surface area contributed by atoms with Crippen molar-refractivity contribution in [3.05, 3.63) is 0 Å². The molecule has 0 N–H and O–H groups in total. The molecule has 0 unspecified atom stereocenters. The van der Waals surface area contributed by atoms with Gasteiger partial charge in [-0.3, -0.25) is 9.69 Å². The molecule has 0 spiro atoms. The smallest absolute Gasteiger partial charge is 0.153 e. The number of nitrogens with zero attached hydrogens (tertiary/aromatic N) is 1. The highest BCUT2D eigenvalue weighted by Crippen LogP contribution is 2.39. The van der Waals surface area contributed by atoms with Gasteiger partial charge in [0.1, 0.15) is 0 Å². The van der Waals surface area contributed by atoms with Crippen molar-refractivity contribution in [2.75, 3.05) is 13.1 Å². The van der Waals surface area contributed by atoms with Crippen LogP contribution in [0.5, 0.6) is 0 Å². The molecule has 0 aromatic heterocycles. The molecular weight excluding hydrogens is 222 g/mol. The van der Waals surface area contributed by atoms with Gasteiger partial charge in [-0.25, -0.2) is 0 Å². The lowest BCUT2D eigenvalue weighted by atomic mass is 9.84. The van der Waals surface area contributed by atoms with Gasteiger partial charge in [-0.2, -0.15) is 0 Å². The van der Waals surface area contributed by atoms with Crippen molar-refractivity contribution in [2.24, 2.45) is 5.92 Å². The summed E-state index contributed by atoms with van der Waals surface area (Å²) in [6.45, 7) is 6.76. The number of ketones is 1. The summed E-state index contributed by atoms with van der Waals surface area (Å²) in [6, 6.07) is 0. The first-order chi connectivity index (χ1) is 8.65. The fourth-order valence-electron chi connectivity index (χ4n) is 3.71. The van der Waals surface area contributed by atoms with Crippen molar-refractivity contribution in [1.29, 1.82) is 0 Å². The van der Waals surface area contributed by atoms with E-state index in [9.17, 15) is 4.79 Å². The fraction of sp³-hybridized carbons (Fsp3) is 0.938. The summed E-state index contributed by atoms with van der Waals surface area (Å²) in [5, 5.41) is 0. The number of carbonyl (C=O) groups excluding carboxylic acids is 1. The lowest BCUT2D eigenvalue weighted by molar-refractivity contribution is -0.132. The highest BCUT2D eigenvalue weighted by Gasteiger charge is 2.45. The second-order valence-corrected chi connectivity index (χ2v) is 6.64. The van der Waals surface area contributed by atoms with Gasteiger partial charge in [0, 0.05) is 6.42 Å². The summed E-state index contributed by atoms with van der Waals surface area (Å²) in [5.74, 6) is 1.20. The van der Waals surface area contributed by atoms with E-state index in [1.54, 1.807) is 0 Å². The van der Waals surface area contributed by atoms with Crippen LogP contribution >= 0.6 is 0 Å². The number of carbonyl (C=O) groups is 1. The second kappa shape index (κ2) is 6.18. The van der Waals surface area contributed by atoms with E-state index in [4.69, 9.17) is 0 Å². The van der Waals surface area contributed by atoms with Gasteiger partial charge in [-0.05, 0) is 51.1 Å². The monoisotopic (exact) mass is 251 g/mol. The third-order valence-corrected chi connectivity index (χ3v) is 4.86. The predicted octanol–water partition coefficient (Wildman–Crippen LogP) is 3.79. The molecule has 2 rings (SSSR count). The van der Waals surface area contributed by atoms with Crippen LogP contribution in [0, 0.1) is 5.92 Å². The number of hydrogen-bond donors (Lipinski definition) is 0. The van der Waals surface area contributed by atoms with E-state index in [0.717, 1.165) is 38.8 Å². The molecule has 1 aliphatic heterocycles. The summed E-state index contributed by atoms with van der Waals surface area (Å²) in [6.07, 6.45) is 10.6. The summed E-state index contributed by atoms with van der Waals surface area (Å²) in [5.41, 5.74) is -0.0463. The van der Waals surface area contributed by atoms with Gasteiger partial charge in [0.2, 0.25) is 0 Å². The number of piperidine rings is 1. The zero-order chi connectivity index (χ0) is 13.0. The minimum Gasteiger partial charge on any atom is -0.298 e. The average Bonchev–Trinajstić information content (AvgIpc) is 2.87. The molecule has 2 aliphatic rings. The highest BCUT2D eigenvalue weighted by atomic mass is 16.1. The maximum atomic E-state index is 12.7. The van der Waals surface area contributed by atoms with E-state index in [2.05, 4.69) is 18.7 Å². The van der Waals surface area contributed by atoms with Crippen LogP contribution in [0.15, 0.2) is 0 Å². The summed E-state index contributed by atoms with van der Waals surface area (Å²) in [7, 11) is 0. The largest absolute Gasteiger partial charge is 0.298 e. The SMILES string of the molecule is CC(C)CCC(=O)C1(N2CCCCC2)CCCC1. The molecule has 1 aliphatic carbocycles. The van der Waals surface area contributed by atoms with Crippen LogP contribution in [-0.2, 0) is 4.79 Å². The summed E-state index contributed by atoms with van der Waals surface area (Å²) < 4.78 is 0.